The van der Waals surface area contributed by atoms with Crippen molar-refractivity contribution in [3.63, 3.8) is 0 Å². The van der Waals surface area contributed by atoms with Gasteiger partial charge in [0.2, 0.25) is 0 Å². The number of nitrogens with zero attached hydrogens (tertiary/aromatic N) is 2. The summed E-state index contributed by atoms with van der Waals surface area (Å²) in [6.07, 6.45) is 23.6. The molecular weight excluding hydrogens is 737 g/mol. The van der Waals surface area contributed by atoms with Crippen LogP contribution in [0.15, 0.2) is 163 Å². The summed E-state index contributed by atoms with van der Waals surface area (Å²) in [6, 6.07) is 48.0. The summed E-state index contributed by atoms with van der Waals surface area (Å²) in [5.74, 6) is 2.36. The van der Waals surface area contributed by atoms with Crippen LogP contribution in [0.5, 0.6) is 0 Å². The molecule has 0 heterocycles. The molecule has 2 bridgehead atoms. The SMILES string of the molecule is Cc1ccccc1N(C1=CCC2(C)C=Cc3c(N(c4ccccc4)c4ccccc4)ccc4ccc1c2c34)c1ccc2c(c1)C1(CCC3CC(C)CC1C3)C1=CC=CCC12C. The molecule has 6 atom stereocenters. The van der Waals surface area contributed by atoms with Crippen LogP contribution in [0.1, 0.15) is 99.1 Å². The lowest BCUT2D eigenvalue weighted by Crippen LogP contribution is -2.46. The number of anilines is 5. The number of fused-ring (bicyclic) bond motifs is 8. The summed E-state index contributed by atoms with van der Waals surface area (Å²) in [7, 11) is 0. The molecule has 61 heavy (non-hydrogen) atoms. The van der Waals surface area contributed by atoms with Gasteiger partial charge in [-0.2, -0.15) is 0 Å². The van der Waals surface area contributed by atoms with Crippen molar-refractivity contribution in [1.82, 2.24) is 0 Å². The summed E-state index contributed by atoms with van der Waals surface area (Å²) in [5, 5.41) is 2.67. The lowest BCUT2D eigenvalue weighted by atomic mass is 9.52. The number of allylic oxidation sites excluding steroid dienone is 6. The summed E-state index contributed by atoms with van der Waals surface area (Å²) < 4.78 is 0. The molecule has 0 aromatic heterocycles. The minimum Gasteiger partial charge on any atom is -0.310 e. The van der Waals surface area contributed by atoms with Gasteiger partial charge in [-0.1, -0.05) is 136 Å². The Labute approximate surface area is 362 Å². The third-order valence-electron chi connectivity index (χ3n) is 16.3. The first-order valence-electron chi connectivity index (χ1n) is 23.1. The van der Waals surface area contributed by atoms with E-state index in [2.05, 4.69) is 201 Å². The maximum atomic E-state index is 2.69. The quantitative estimate of drug-likeness (QED) is 0.166. The third-order valence-corrected chi connectivity index (χ3v) is 16.3. The van der Waals surface area contributed by atoms with E-state index in [0.717, 1.165) is 36.1 Å². The Balaban J connectivity index is 1.07. The van der Waals surface area contributed by atoms with Crippen LogP contribution >= 0.6 is 0 Å². The summed E-state index contributed by atoms with van der Waals surface area (Å²) in [4.78, 5) is 5.08. The molecule has 2 fully saturated rings. The lowest BCUT2D eigenvalue weighted by Gasteiger charge is -2.52. The van der Waals surface area contributed by atoms with Crippen molar-refractivity contribution in [1.29, 1.82) is 0 Å². The molecule has 0 N–H and O–H groups in total. The fourth-order valence-corrected chi connectivity index (χ4v) is 13.6. The highest BCUT2D eigenvalue weighted by Gasteiger charge is 2.59. The average Bonchev–Trinajstić information content (AvgIpc) is 3.50. The first kappa shape index (κ1) is 36.9. The van der Waals surface area contributed by atoms with Gasteiger partial charge in [0.1, 0.15) is 0 Å². The van der Waals surface area contributed by atoms with Crippen LogP contribution in [0, 0.1) is 24.7 Å². The zero-order chi connectivity index (χ0) is 41.1. The molecule has 302 valence electrons. The molecule has 6 aromatic rings. The minimum absolute atomic E-state index is 0.0475. The highest BCUT2D eigenvalue weighted by molar-refractivity contribution is 6.07. The van der Waals surface area contributed by atoms with Crippen LogP contribution in [0.2, 0.25) is 0 Å². The number of benzene rings is 6. The number of hydrogen-bond donors (Lipinski definition) is 0. The Morgan fingerprint density at radius 3 is 2.21 bits per heavy atom. The Hall–Kier alpha value is -5.86. The van der Waals surface area contributed by atoms with Gasteiger partial charge in [0.05, 0.1) is 5.69 Å². The van der Waals surface area contributed by atoms with E-state index >= 15 is 0 Å². The topological polar surface area (TPSA) is 6.48 Å². The second-order valence-electron chi connectivity index (χ2n) is 19.9. The molecule has 6 aromatic carbocycles. The van der Waals surface area contributed by atoms with Crippen molar-refractivity contribution in [3.05, 3.63) is 197 Å². The lowest BCUT2D eigenvalue weighted by molar-refractivity contribution is 0.0803. The van der Waals surface area contributed by atoms with E-state index in [1.807, 2.05) is 0 Å². The standard InChI is InChI=1S/C59H56N2/c1-39-35-41-28-34-59(43(36-39)37-41)50-38-46(24-26-49(50)58(4)31-14-13-21-54(58)59)61(51-20-12-11-15-40(51)2)53-30-33-57(3)32-29-47-52(27-23-42-22-25-48(53)56(57)55(42)47)60(44-16-7-5-8-17-44)45-18-9-6-10-19-45/h5-27,29-30,32,38-39,41,43H,28,31,33-37H2,1-4H3. The van der Waals surface area contributed by atoms with Crippen LogP contribution in [0.25, 0.3) is 22.5 Å². The minimum atomic E-state index is -0.131. The van der Waals surface area contributed by atoms with E-state index in [9.17, 15) is 0 Å². The van der Waals surface area contributed by atoms with E-state index in [4.69, 9.17) is 0 Å². The van der Waals surface area contributed by atoms with Gasteiger partial charge in [0.25, 0.3) is 0 Å². The van der Waals surface area contributed by atoms with E-state index in [-0.39, 0.29) is 16.2 Å². The first-order valence-corrected chi connectivity index (χ1v) is 23.1. The molecule has 0 amide bonds. The maximum absolute atomic E-state index is 2.69. The van der Waals surface area contributed by atoms with Gasteiger partial charge in [-0.05, 0) is 157 Å². The van der Waals surface area contributed by atoms with Gasteiger partial charge >= 0.3 is 0 Å². The summed E-state index contributed by atoms with van der Waals surface area (Å²) >= 11 is 0. The second kappa shape index (κ2) is 13.6. The fraction of sp³-hybridized carbons (Fsp3) is 0.288. The van der Waals surface area contributed by atoms with E-state index in [1.165, 1.54) is 87.9 Å². The number of aryl methyl sites for hydroxylation is 1. The van der Waals surface area contributed by atoms with Gasteiger partial charge in [-0.3, -0.25) is 0 Å². The Morgan fingerprint density at radius 1 is 0.672 bits per heavy atom. The molecule has 1 spiro atoms. The van der Waals surface area contributed by atoms with Crippen LogP contribution in [-0.2, 0) is 16.2 Å². The molecule has 0 aliphatic heterocycles. The van der Waals surface area contributed by atoms with Crippen LogP contribution in [0.3, 0.4) is 0 Å². The van der Waals surface area contributed by atoms with Crippen molar-refractivity contribution < 1.29 is 0 Å². The Bertz CT molecular complexity index is 2840. The molecule has 0 saturated heterocycles. The van der Waals surface area contributed by atoms with E-state index < -0.39 is 0 Å². The molecule has 2 heteroatoms. The van der Waals surface area contributed by atoms with Gasteiger partial charge in [-0.15, -0.1) is 0 Å². The number of hydrogen-bond acceptors (Lipinski definition) is 2. The largest absolute Gasteiger partial charge is 0.310 e. The average molecular weight is 793 g/mol. The molecule has 6 unspecified atom stereocenters. The molecular formula is C59H56N2. The summed E-state index contributed by atoms with van der Waals surface area (Å²) in [5.41, 5.74) is 17.6. The van der Waals surface area contributed by atoms with E-state index in [1.54, 1.807) is 16.7 Å². The van der Waals surface area contributed by atoms with Crippen molar-refractivity contribution in [2.45, 2.75) is 88.9 Å². The zero-order valence-corrected chi connectivity index (χ0v) is 36.2. The molecule has 6 aliphatic rings. The predicted molar refractivity (Wildman–Crippen MR) is 257 cm³/mol. The number of rotatable bonds is 6. The Kier molecular flexibility index (Phi) is 8.22. The zero-order valence-electron chi connectivity index (χ0n) is 36.2. The Morgan fingerprint density at radius 2 is 1.43 bits per heavy atom. The van der Waals surface area contributed by atoms with Crippen molar-refractivity contribution in [2.75, 3.05) is 9.80 Å². The van der Waals surface area contributed by atoms with Crippen molar-refractivity contribution in [2.24, 2.45) is 17.8 Å². The van der Waals surface area contributed by atoms with Crippen molar-refractivity contribution >= 4 is 51.0 Å². The molecule has 12 rings (SSSR count). The third kappa shape index (κ3) is 5.33. The van der Waals surface area contributed by atoms with Gasteiger partial charge in [0, 0.05) is 55.8 Å². The van der Waals surface area contributed by atoms with Crippen LogP contribution in [-0.4, -0.2) is 0 Å². The normalized spacial score (nSPS) is 27.6. The van der Waals surface area contributed by atoms with Gasteiger partial charge < -0.3 is 9.80 Å². The highest BCUT2D eigenvalue weighted by Crippen LogP contribution is 2.67. The predicted octanol–water partition coefficient (Wildman–Crippen LogP) is 15.7. The first-order chi connectivity index (χ1) is 29.8. The van der Waals surface area contributed by atoms with Crippen LogP contribution in [0.4, 0.5) is 28.4 Å². The molecule has 6 aliphatic carbocycles. The van der Waals surface area contributed by atoms with Crippen molar-refractivity contribution in [3.8, 4) is 0 Å². The van der Waals surface area contributed by atoms with Gasteiger partial charge in [0.15, 0.2) is 0 Å². The molecule has 2 saturated carbocycles. The molecule has 2 nitrogen and oxygen atoms in total. The van der Waals surface area contributed by atoms with E-state index in [0.29, 0.717) is 5.92 Å². The van der Waals surface area contributed by atoms with Gasteiger partial charge in [-0.25, -0.2) is 0 Å². The second-order valence-corrected chi connectivity index (χ2v) is 19.9. The fourth-order valence-electron chi connectivity index (χ4n) is 13.6. The monoisotopic (exact) mass is 792 g/mol. The molecule has 0 radical (unpaired) electrons. The smallest absolute Gasteiger partial charge is 0.0540 e. The number of para-hydroxylation sites is 3. The summed E-state index contributed by atoms with van der Waals surface area (Å²) in [6.45, 7) is 9.84. The highest BCUT2D eigenvalue weighted by atomic mass is 15.2. The maximum Gasteiger partial charge on any atom is 0.0540 e. The van der Waals surface area contributed by atoms with Crippen LogP contribution < -0.4 is 9.80 Å².